The zero-order chi connectivity index (χ0) is 12.1. The summed E-state index contributed by atoms with van der Waals surface area (Å²) >= 11 is 0. The number of carbonyl (C=O) groups is 1. The van der Waals surface area contributed by atoms with Crippen LogP contribution in [-0.2, 0) is 16.0 Å². The first kappa shape index (κ1) is 12.4. The Morgan fingerprint density at radius 1 is 1.50 bits per heavy atom. The SMILES string of the molecule is COC(=O)C(O)Cc1cccc(OC)c1F. The maximum Gasteiger partial charge on any atom is 0.335 e. The molecule has 1 unspecified atom stereocenters. The molecule has 0 aliphatic heterocycles. The maximum atomic E-state index is 13.6. The molecule has 1 aromatic rings. The number of esters is 1. The van der Waals surface area contributed by atoms with E-state index in [9.17, 15) is 14.3 Å². The van der Waals surface area contributed by atoms with Crippen LogP contribution in [0.3, 0.4) is 0 Å². The van der Waals surface area contributed by atoms with Gasteiger partial charge in [0, 0.05) is 6.42 Å². The van der Waals surface area contributed by atoms with Gasteiger partial charge in [0.05, 0.1) is 14.2 Å². The van der Waals surface area contributed by atoms with Gasteiger partial charge in [0.15, 0.2) is 17.7 Å². The van der Waals surface area contributed by atoms with Crippen molar-refractivity contribution in [2.24, 2.45) is 0 Å². The zero-order valence-corrected chi connectivity index (χ0v) is 9.07. The molecule has 0 spiro atoms. The molecule has 0 bridgehead atoms. The number of halogens is 1. The average molecular weight is 228 g/mol. The predicted octanol–water partition coefficient (Wildman–Crippen LogP) is 0.911. The van der Waals surface area contributed by atoms with Gasteiger partial charge in [-0.1, -0.05) is 12.1 Å². The van der Waals surface area contributed by atoms with E-state index in [1.54, 1.807) is 6.07 Å². The van der Waals surface area contributed by atoms with Gasteiger partial charge in [-0.2, -0.15) is 0 Å². The number of aliphatic hydroxyl groups is 1. The highest BCUT2D eigenvalue weighted by Gasteiger charge is 2.19. The van der Waals surface area contributed by atoms with Crippen LogP contribution in [0.2, 0.25) is 0 Å². The summed E-state index contributed by atoms with van der Waals surface area (Å²) < 4.78 is 22.7. The van der Waals surface area contributed by atoms with E-state index in [0.717, 1.165) is 7.11 Å². The molecule has 0 aromatic heterocycles. The van der Waals surface area contributed by atoms with Crippen molar-refractivity contribution >= 4 is 5.97 Å². The van der Waals surface area contributed by atoms with E-state index in [1.807, 2.05) is 0 Å². The van der Waals surface area contributed by atoms with E-state index < -0.39 is 17.9 Å². The number of benzene rings is 1. The third-order valence-electron chi connectivity index (χ3n) is 2.15. The molecular formula is C11H13FO4. The third kappa shape index (κ3) is 2.70. The number of ether oxygens (including phenoxy) is 2. The Labute approximate surface area is 92.6 Å². The molecular weight excluding hydrogens is 215 g/mol. The van der Waals surface area contributed by atoms with Crippen LogP contribution in [0, 0.1) is 5.82 Å². The van der Waals surface area contributed by atoms with Gasteiger partial charge in [-0.25, -0.2) is 9.18 Å². The van der Waals surface area contributed by atoms with Crippen molar-refractivity contribution in [1.82, 2.24) is 0 Å². The van der Waals surface area contributed by atoms with Crippen LogP contribution in [0.1, 0.15) is 5.56 Å². The molecule has 0 aliphatic carbocycles. The molecule has 1 aromatic carbocycles. The van der Waals surface area contributed by atoms with Crippen LogP contribution in [0.15, 0.2) is 18.2 Å². The van der Waals surface area contributed by atoms with Crippen molar-refractivity contribution in [3.8, 4) is 5.75 Å². The van der Waals surface area contributed by atoms with E-state index >= 15 is 0 Å². The highest BCUT2D eigenvalue weighted by Crippen LogP contribution is 2.21. The molecule has 0 amide bonds. The summed E-state index contributed by atoms with van der Waals surface area (Å²) in [6.07, 6.45) is -1.51. The van der Waals surface area contributed by atoms with Crippen molar-refractivity contribution in [3.63, 3.8) is 0 Å². The summed E-state index contributed by atoms with van der Waals surface area (Å²) in [6, 6.07) is 4.52. The second-order valence-electron chi connectivity index (χ2n) is 3.18. The fourth-order valence-corrected chi connectivity index (χ4v) is 1.30. The van der Waals surface area contributed by atoms with Crippen LogP contribution in [0.4, 0.5) is 4.39 Å². The van der Waals surface area contributed by atoms with Crippen molar-refractivity contribution in [1.29, 1.82) is 0 Å². The molecule has 0 saturated heterocycles. The molecule has 16 heavy (non-hydrogen) atoms. The summed E-state index contributed by atoms with van der Waals surface area (Å²) in [5.41, 5.74) is 0.206. The second kappa shape index (κ2) is 5.46. The number of rotatable bonds is 4. The number of carbonyl (C=O) groups excluding carboxylic acids is 1. The molecule has 88 valence electrons. The Morgan fingerprint density at radius 3 is 2.75 bits per heavy atom. The van der Waals surface area contributed by atoms with E-state index in [2.05, 4.69) is 4.74 Å². The molecule has 5 heteroatoms. The van der Waals surface area contributed by atoms with Crippen LogP contribution in [-0.4, -0.2) is 31.4 Å². The average Bonchev–Trinajstić information content (AvgIpc) is 2.30. The quantitative estimate of drug-likeness (QED) is 0.778. The minimum absolute atomic E-state index is 0.0783. The first-order chi connectivity index (χ1) is 7.60. The number of hydrogen-bond acceptors (Lipinski definition) is 4. The van der Waals surface area contributed by atoms with E-state index in [-0.39, 0.29) is 17.7 Å². The molecule has 1 atom stereocenters. The molecule has 4 nitrogen and oxygen atoms in total. The summed E-state index contributed by atoms with van der Waals surface area (Å²) in [4.78, 5) is 11.0. The summed E-state index contributed by atoms with van der Waals surface area (Å²) in [6.45, 7) is 0. The summed E-state index contributed by atoms with van der Waals surface area (Å²) in [5.74, 6) is -1.29. The fraction of sp³-hybridized carbons (Fsp3) is 0.364. The van der Waals surface area contributed by atoms with E-state index in [1.165, 1.54) is 19.2 Å². The number of aliphatic hydroxyl groups excluding tert-OH is 1. The molecule has 1 N–H and O–H groups in total. The monoisotopic (exact) mass is 228 g/mol. The minimum Gasteiger partial charge on any atom is -0.494 e. The standard InChI is InChI=1S/C11H13FO4/c1-15-9-5-3-4-7(10(9)12)6-8(13)11(14)16-2/h3-5,8,13H,6H2,1-2H3. The molecule has 0 heterocycles. The molecule has 0 aliphatic rings. The van der Waals surface area contributed by atoms with Gasteiger partial charge in [0.1, 0.15) is 0 Å². The van der Waals surface area contributed by atoms with Crippen LogP contribution >= 0.6 is 0 Å². The highest BCUT2D eigenvalue weighted by atomic mass is 19.1. The predicted molar refractivity (Wildman–Crippen MR) is 54.7 cm³/mol. The van der Waals surface area contributed by atoms with Gasteiger partial charge in [-0.05, 0) is 11.6 Å². The topological polar surface area (TPSA) is 55.8 Å². The normalized spacial score (nSPS) is 12.0. The lowest BCUT2D eigenvalue weighted by atomic mass is 10.1. The molecule has 0 saturated carbocycles. The van der Waals surface area contributed by atoms with Gasteiger partial charge >= 0.3 is 5.97 Å². The van der Waals surface area contributed by atoms with Gasteiger partial charge < -0.3 is 14.6 Å². The van der Waals surface area contributed by atoms with Gasteiger partial charge in [-0.15, -0.1) is 0 Å². The van der Waals surface area contributed by atoms with Gasteiger partial charge in [0.25, 0.3) is 0 Å². The Balaban J connectivity index is 2.85. The summed E-state index contributed by atoms with van der Waals surface area (Å²) in [7, 11) is 2.51. The van der Waals surface area contributed by atoms with Gasteiger partial charge in [-0.3, -0.25) is 0 Å². The smallest absolute Gasteiger partial charge is 0.335 e. The molecule has 0 fully saturated rings. The largest absolute Gasteiger partial charge is 0.494 e. The van der Waals surface area contributed by atoms with E-state index in [4.69, 9.17) is 4.74 Å². The summed E-state index contributed by atoms with van der Waals surface area (Å²) in [5, 5.41) is 9.38. The first-order valence-electron chi connectivity index (χ1n) is 4.67. The van der Waals surface area contributed by atoms with Crippen molar-refractivity contribution in [2.45, 2.75) is 12.5 Å². The lowest BCUT2D eigenvalue weighted by molar-refractivity contribution is -0.150. The van der Waals surface area contributed by atoms with E-state index in [0.29, 0.717) is 0 Å². The molecule has 1 rings (SSSR count). The fourth-order valence-electron chi connectivity index (χ4n) is 1.30. The Kier molecular flexibility index (Phi) is 4.25. The second-order valence-corrected chi connectivity index (χ2v) is 3.18. The Bertz CT molecular complexity index is 378. The van der Waals surface area contributed by atoms with Crippen LogP contribution in [0.25, 0.3) is 0 Å². The van der Waals surface area contributed by atoms with Crippen LogP contribution < -0.4 is 4.74 Å². The highest BCUT2D eigenvalue weighted by molar-refractivity contribution is 5.74. The molecule has 0 radical (unpaired) electrons. The van der Waals surface area contributed by atoms with Crippen molar-refractivity contribution < 1.29 is 23.8 Å². The number of hydrogen-bond donors (Lipinski definition) is 1. The van der Waals surface area contributed by atoms with Crippen molar-refractivity contribution in [3.05, 3.63) is 29.6 Å². The lowest BCUT2D eigenvalue weighted by Crippen LogP contribution is -2.24. The maximum absolute atomic E-state index is 13.6. The Morgan fingerprint density at radius 2 is 2.19 bits per heavy atom. The first-order valence-corrected chi connectivity index (χ1v) is 4.67. The minimum atomic E-state index is -1.37. The third-order valence-corrected chi connectivity index (χ3v) is 2.15. The van der Waals surface area contributed by atoms with Gasteiger partial charge in [0.2, 0.25) is 0 Å². The van der Waals surface area contributed by atoms with Crippen LogP contribution in [0.5, 0.6) is 5.75 Å². The lowest BCUT2D eigenvalue weighted by Gasteiger charge is -2.10. The number of methoxy groups -OCH3 is 2. The Hall–Kier alpha value is -1.62. The zero-order valence-electron chi connectivity index (χ0n) is 9.07. The van der Waals surface area contributed by atoms with Crippen molar-refractivity contribution in [2.75, 3.05) is 14.2 Å².